The molecule has 0 spiro atoms. The third kappa shape index (κ3) is 11.3. The number of hydrogen-bond donors (Lipinski definition) is 5. The SMILES string of the molecule is Cc1ncsc1-c1ccc(CNC(=O)[C@@H]2C[C@@H](O)CN2C(=O)[C@@H](NC(=O)CCCCCCn2cc(-c3cnc(N)c4c(-c5ccc(NS(=O)(=O)C(F)F)cc5)nn(C)c34)cn2)C(C)(C)C)cc1. The maximum absolute atomic E-state index is 14.1. The number of thiazole rings is 1. The van der Waals surface area contributed by atoms with Gasteiger partial charge in [-0.3, -0.25) is 28.5 Å². The first-order chi connectivity index (χ1) is 31.8. The summed E-state index contributed by atoms with van der Waals surface area (Å²) in [6.45, 7) is 8.40. The lowest BCUT2D eigenvalue weighted by molar-refractivity contribution is -0.144. The first-order valence-corrected chi connectivity index (χ1v) is 24.3. The lowest BCUT2D eigenvalue weighted by atomic mass is 9.85. The number of hydrogen-bond acceptors (Lipinski definition) is 12. The highest BCUT2D eigenvalue weighted by Crippen LogP contribution is 2.37. The highest BCUT2D eigenvalue weighted by atomic mass is 32.2. The Bertz CT molecular complexity index is 2840. The number of aliphatic hydroxyl groups is 1. The second kappa shape index (κ2) is 20.3. The molecule has 0 bridgehead atoms. The van der Waals surface area contributed by atoms with Crippen LogP contribution in [0, 0.1) is 12.3 Å². The molecule has 6 aromatic rings. The van der Waals surface area contributed by atoms with E-state index in [0.717, 1.165) is 52.1 Å². The molecule has 5 heterocycles. The van der Waals surface area contributed by atoms with Crippen molar-refractivity contribution < 1.29 is 36.7 Å². The lowest BCUT2D eigenvalue weighted by Gasteiger charge is -2.35. The molecule has 1 aliphatic heterocycles. The van der Waals surface area contributed by atoms with Crippen LogP contribution in [0.2, 0.25) is 0 Å². The third-order valence-corrected chi connectivity index (χ3v) is 13.7. The van der Waals surface area contributed by atoms with Gasteiger partial charge >= 0.3 is 5.76 Å². The maximum Gasteiger partial charge on any atom is 0.355 e. The normalized spacial score (nSPS) is 15.9. The number of nitrogens with two attached hydrogens (primary N) is 1. The fourth-order valence-corrected chi connectivity index (χ4v) is 9.57. The van der Waals surface area contributed by atoms with Crippen LogP contribution >= 0.6 is 11.3 Å². The summed E-state index contributed by atoms with van der Waals surface area (Å²) in [5.74, 6) is -4.38. The number of nitrogen functional groups attached to an aromatic ring is 1. The number of likely N-dealkylation sites (tertiary alicyclic amines) is 1. The zero-order valence-corrected chi connectivity index (χ0v) is 39.5. The van der Waals surface area contributed by atoms with E-state index in [1.54, 1.807) is 53.1 Å². The van der Waals surface area contributed by atoms with Crippen LogP contribution in [-0.2, 0) is 44.5 Å². The minimum atomic E-state index is -4.82. The average molecular weight is 960 g/mol. The van der Waals surface area contributed by atoms with E-state index in [1.165, 1.54) is 17.0 Å². The number of carbonyl (C=O) groups excluding carboxylic acids is 3. The number of unbranched alkanes of at least 4 members (excludes halogenated alkanes) is 3. The topological polar surface area (TPSA) is 232 Å². The molecule has 17 nitrogen and oxygen atoms in total. The van der Waals surface area contributed by atoms with Crippen molar-refractivity contribution in [3.05, 3.63) is 83.9 Å². The molecular formula is C46H55F2N11O6S2. The van der Waals surface area contributed by atoms with Crippen LogP contribution in [-0.4, -0.2) is 96.2 Å². The van der Waals surface area contributed by atoms with Crippen molar-refractivity contribution in [3.63, 3.8) is 0 Å². The Morgan fingerprint density at radius 3 is 2.34 bits per heavy atom. The van der Waals surface area contributed by atoms with Gasteiger partial charge in [-0.2, -0.15) is 19.0 Å². The van der Waals surface area contributed by atoms with Crippen LogP contribution in [0.1, 0.15) is 70.6 Å². The van der Waals surface area contributed by atoms with Crippen molar-refractivity contribution in [3.8, 4) is 32.8 Å². The molecule has 2 aromatic carbocycles. The van der Waals surface area contributed by atoms with Gasteiger partial charge in [0.1, 0.15) is 23.6 Å². The number of fused-ring (bicyclic) bond motifs is 1. The van der Waals surface area contributed by atoms with E-state index in [0.29, 0.717) is 35.1 Å². The van der Waals surface area contributed by atoms with Gasteiger partial charge in [0.25, 0.3) is 10.0 Å². The van der Waals surface area contributed by atoms with Gasteiger partial charge in [-0.25, -0.2) is 18.4 Å². The van der Waals surface area contributed by atoms with Gasteiger partial charge in [-0.15, -0.1) is 11.3 Å². The molecule has 1 saturated heterocycles. The average Bonchev–Trinajstić information content (AvgIpc) is 4.10. The van der Waals surface area contributed by atoms with Crippen molar-refractivity contribution in [2.24, 2.45) is 12.5 Å². The number of aliphatic hydroxyl groups excluding tert-OH is 1. The Hall–Kier alpha value is -6.32. The summed E-state index contributed by atoms with van der Waals surface area (Å²) in [6, 6.07) is 11.9. The molecule has 1 fully saturated rings. The van der Waals surface area contributed by atoms with Gasteiger partial charge < -0.3 is 26.4 Å². The molecule has 0 aliphatic carbocycles. The van der Waals surface area contributed by atoms with Crippen LogP contribution < -0.4 is 21.1 Å². The van der Waals surface area contributed by atoms with E-state index >= 15 is 0 Å². The summed E-state index contributed by atoms with van der Waals surface area (Å²) >= 11 is 1.57. The molecule has 0 saturated carbocycles. The van der Waals surface area contributed by atoms with E-state index in [1.807, 2.05) is 67.6 Å². The second-order valence-corrected chi connectivity index (χ2v) is 20.3. The largest absolute Gasteiger partial charge is 0.391 e. The number of carbonyl (C=O) groups is 3. The number of amides is 3. The molecule has 6 N–H and O–H groups in total. The summed E-state index contributed by atoms with van der Waals surface area (Å²) in [5, 5.41) is 26.3. The van der Waals surface area contributed by atoms with Crippen molar-refractivity contribution in [1.29, 1.82) is 0 Å². The number of aromatic nitrogens is 6. The Kier molecular flexibility index (Phi) is 14.7. The summed E-state index contributed by atoms with van der Waals surface area (Å²) in [5.41, 5.74) is 13.6. The number of pyridine rings is 1. The number of β-amino-alcohol motifs (C(OH)–C–C–N with tert-alkyl or cyclic N) is 1. The predicted molar refractivity (Wildman–Crippen MR) is 253 cm³/mol. The van der Waals surface area contributed by atoms with Crippen molar-refractivity contribution in [2.45, 2.75) is 103 Å². The number of aryl methyl sites for hydroxylation is 3. The van der Waals surface area contributed by atoms with Crippen molar-refractivity contribution in [1.82, 2.24) is 45.1 Å². The number of nitrogens with zero attached hydrogens (tertiary/aromatic N) is 7. The first kappa shape index (κ1) is 48.6. The molecule has 3 amide bonds. The monoisotopic (exact) mass is 959 g/mol. The maximum atomic E-state index is 14.1. The quantitative estimate of drug-likeness (QED) is 0.0606. The van der Waals surface area contributed by atoms with E-state index in [9.17, 15) is 36.7 Å². The Balaban J connectivity index is 0.889. The molecule has 0 unspecified atom stereocenters. The third-order valence-electron chi connectivity index (χ3n) is 11.7. The second-order valence-electron chi connectivity index (χ2n) is 17.8. The molecule has 4 aromatic heterocycles. The number of rotatable bonds is 18. The Morgan fingerprint density at radius 1 is 0.970 bits per heavy atom. The van der Waals surface area contributed by atoms with E-state index in [2.05, 4.69) is 30.8 Å². The van der Waals surface area contributed by atoms with Gasteiger partial charge in [0.05, 0.1) is 39.3 Å². The molecule has 67 heavy (non-hydrogen) atoms. The summed E-state index contributed by atoms with van der Waals surface area (Å²) in [7, 11) is -3.06. The Labute approximate surface area is 391 Å². The predicted octanol–water partition coefficient (Wildman–Crippen LogP) is 6.24. The van der Waals surface area contributed by atoms with Crippen molar-refractivity contribution >= 4 is 61.5 Å². The number of benzene rings is 2. The highest BCUT2D eigenvalue weighted by Gasteiger charge is 2.44. The molecule has 1 aliphatic rings. The van der Waals surface area contributed by atoms with Gasteiger partial charge in [0.15, 0.2) is 0 Å². The zero-order chi connectivity index (χ0) is 48.2. The minimum Gasteiger partial charge on any atom is -0.391 e. The fourth-order valence-electron chi connectivity index (χ4n) is 8.20. The lowest BCUT2D eigenvalue weighted by Crippen LogP contribution is -2.57. The fraction of sp³-hybridized carbons (Fsp3) is 0.413. The van der Waals surface area contributed by atoms with Crippen molar-refractivity contribution in [2.75, 3.05) is 17.0 Å². The van der Waals surface area contributed by atoms with Crippen LogP contribution in [0.4, 0.5) is 20.3 Å². The summed E-state index contributed by atoms with van der Waals surface area (Å²) in [4.78, 5) is 52.0. The zero-order valence-electron chi connectivity index (χ0n) is 37.9. The van der Waals surface area contributed by atoms with Crippen LogP contribution in [0.3, 0.4) is 0 Å². The number of anilines is 2. The summed E-state index contributed by atoms with van der Waals surface area (Å²) < 4.78 is 54.3. The molecule has 7 rings (SSSR count). The van der Waals surface area contributed by atoms with E-state index in [-0.39, 0.29) is 49.3 Å². The van der Waals surface area contributed by atoms with Gasteiger partial charge in [-0.05, 0) is 48.4 Å². The van der Waals surface area contributed by atoms with Crippen LogP contribution in [0.15, 0.2) is 72.6 Å². The standard InChI is InChI=1S/C46H55F2N11O6S2/c1-27-40(66-26-52-27)30-13-11-28(12-14-30)21-51-43(62)35-20-33(60)25-59(35)44(63)41(46(2,3)4)54-36(61)10-8-6-7-9-19-58-24-31(22-53-58)34-23-50-42(49)37-38(55-57(5)39(34)37)29-15-17-32(18-16-29)56-67(64,65)45(47)48/h11-18,22-24,26,33,35,41,45,56,60H,6-10,19-21,25H2,1-5H3,(H2,49,50)(H,51,62)(H,54,61)/t33-,35+,41-/m1/s1. The highest BCUT2D eigenvalue weighted by molar-refractivity contribution is 7.93. The van der Waals surface area contributed by atoms with Crippen LogP contribution in [0.5, 0.6) is 0 Å². The van der Waals surface area contributed by atoms with E-state index < -0.39 is 45.3 Å². The number of halogens is 2. The molecule has 3 atom stereocenters. The summed E-state index contributed by atoms with van der Waals surface area (Å²) in [6.07, 6.45) is 7.70. The Morgan fingerprint density at radius 2 is 1.67 bits per heavy atom. The van der Waals surface area contributed by atoms with Gasteiger partial charge in [-0.1, -0.05) is 70.0 Å². The first-order valence-electron chi connectivity index (χ1n) is 21.9. The van der Waals surface area contributed by atoms with Gasteiger partial charge in [0.2, 0.25) is 17.7 Å². The number of sulfonamides is 1. The molecular weight excluding hydrogens is 905 g/mol. The number of alkyl halides is 2. The smallest absolute Gasteiger partial charge is 0.355 e. The molecule has 356 valence electrons. The molecule has 0 radical (unpaired) electrons. The number of nitrogens with one attached hydrogen (secondary N) is 3. The molecule has 21 heteroatoms. The van der Waals surface area contributed by atoms with E-state index in [4.69, 9.17) is 5.73 Å². The van der Waals surface area contributed by atoms with Gasteiger partial charge in [0, 0.05) is 74.3 Å². The van der Waals surface area contributed by atoms with Crippen LogP contribution in [0.25, 0.3) is 43.7 Å². The minimum absolute atomic E-state index is 0.00652.